The molecule has 188 valence electrons. The Hall–Kier alpha value is -2.90. The van der Waals surface area contributed by atoms with Crippen LogP contribution in [0, 0.1) is 34.5 Å². The summed E-state index contributed by atoms with van der Waals surface area (Å²) in [7, 11) is 0. The molecule has 0 spiro atoms. The molecule has 1 aromatic rings. The summed E-state index contributed by atoms with van der Waals surface area (Å²) >= 11 is 0. The zero-order valence-corrected chi connectivity index (χ0v) is 21.1. The Kier molecular flexibility index (Phi) is 8.17. The number of hydrogen-bond acceptors (Lipinski definition) is 6. The molecule has 0 saturated carbocycles. The third-order valence-corrected chi connectivity index (χ3v) is 7.30. The van der Waals surface area contributed by atoms with E-state index in [1.165, 1.54) is 31.2 Å². The van der Waals surface area contributed by atoms with Crippen molar-refractivity contribution in [1.82, 2.24) is 0 Å². The molecule has 2 rings (SSSR count). The lowest BCUT2D eigenvalue weighted by atomic mass is 9.63. The molecular weight excluding hydrogens is 438 g/mol. The molecular formula is C26H37NO7. The van der Waals surface area contributed by atoms with Crippen LogP contribution in [0.3, 0.4) is 0 Å². The number of aliphatic carboxylic acids is 1. The Labute approximate surface area is 201 Å². The number of phenols is 1. The van der Waals surface area contributed by atoms with Crippen molar-refractivity contribution in [3.05, 3.63) is 24.3 Å². The fourth-order valence-electron chi connectivity index (χ4n) is 5.22. The largest absolute Gasteiger partial charge is 0.508 e. The highest BCUT2D eigenvalue weighted by molar-refractivity contribution is 6.22. The van der Waals surface area contributed by atoms with Crippen LogP contribution in [0.2, 0.25) is 0 Å². The van der Waals surface area contributed by atoms with Crippen molar-refractivity contribution in [2.24, 2.45) is 34.5 Å². The van der Waals surface area contributed by atoms with Gasteiger partial charge in [-0.1, -0.05) is 48.0 Å². The van der Waals surface area contributed by atoms with Gasteiger partial charge in [0.1, 0.15) is 5.75 Å². The first-order valence-corrected chi connectivity index (χ1v) is 11.8. The minimum absolute atomic E-state index is 0.0169. The summed E-state index contributed by atoms with van der Waals surface area (Å²) in [5, 5.41) is 19.6. The number of hydrogen-bond donors (Lipinski definition) is 2. The van der Waals surface area contributed by atoms with Crippen LogP contribution in [-0.2, 0) is 23.9 Å². The molecule has 0 aromatic heterocycles. The molecule has 0 aliphatic carbocycles. The number of amides is 2. The summed E-state index contributed by atoms with van der Waals surface area (Å²) in [6, 6.07) is 5.85. The van der Waals surface area contributed by atoms with Crippen LogP contribution in [0.5, 0.6) is 5.75 Å². The number of carboxylic acids is 1. The van der Waals surface area contributed by atoms with Crippen molar-refractivity contribution in [3.63, 3.8) is 0 Å². The van der Waals surface area contributed by atoms with Gasteiger partial charge >= 0.3 is 11.9 Å². The average molecular weight is 476 g/mol. The number of esters is 1. The quantitative estimate of drug-likeness (QED) is 0.383. The van der Waals surface area contributed by atoms with Crippen LogP contribution in [0.25, 0.3) is 0 Å². The van der Waals surface area contributed by atoms with Crippen molar-refractivity contribution >= 4 is 29.4 Å². The Balaban J connectivity index is 2.50. The molecule has 8 heteroatoms. The summed E-state index contributed by atoms with van der Waals surface area (Å²) < 4.78 is 5.06. The fraction of sp³-hybridized carbons (Fsp3) is 0.615. The van der Waals surface area contributed by atoms with Crippen molar-refractivity contribution in [1.29, 1.82) is 0 Å². The van der Waals surface area contributed by atoms with Crippen LogP contribution in [0.1, 0.15) is 61.3 Å². The minimum atomic E-state index is -1.15. The summed E-state index contributed by atoms with van der Waals surface area (Å²) in [5.74, 6) is -5.93. The lowest BCUT2D eigenvalue weighted by Gasteiger charge is -2.39. The Morgan fingerprint density at radius 3 is 2.09 bits per heavy atom. The highest BCUT2D eigenvalue weighted by Gasteiger charge is 2.56. The van der Waals surface area contributed by atoms with Gasteiger partial charge in [-0.2, -0.15) is 0 Å². The third kappa shape index (κ3) is 5.26. The van der Waals surface area contributed by atoms with Crippen molar-refractivity contribution < 1.29 is 34.1 Å². The number of rotatable bonds is 10. The van der Waals surface area contributed by atoms with Crippen molar-refractivity contribution in [2.45, 2.75) is 61.3 Å². The molecule has 0 radical (unpaired) electrons. The number of carbonyl (C=O) groups excluding carboxylic acids is 3. The number of ether oxygens (including phenoxy) is 1. The van der Waals surface area contributed by atoms with E-state index < -0.39 is 52.3 Å². The van der Waals surface area contributed by atoms with Gasteiger partial charge in [0, 0.05) is 0 Å². The molecule has 1 fully saturated rings. The van der Waals surface area contributed by atoms with E-state index in [0.29, 0.717) is 12.1 Å². The highest BCUT2D eigenvalue weighted by Crippen LogP contribution is 2.49. The molecule has 2 amide bonds. The van der Waals surface area contributed by atoms with E-state index in [4.69, 9.17) is 4.74 Å². The lowest BCUT2D eigenvalue weighted by molar-refractivity contribution is -0.162. The smallest absolute Gasteiger partial charge is 0.309 e. The van der Waals surface area contributed by atoms with E-state index in [1.807, 2.05) is 20.8 Å². The van der Waals surface area contributed by atoms with Gasteiger partial charge in [-0.15, -0.1) is 0 Å². The Bertz CT molecular complexity index is 935. The second-order valence-corrected chi connectivity index (χ2v) is 10.5. The highest BCUT2D eigenvalue weighted by atomic mass is 16.5. The molecule has 0 bridgehead atoms. The maximum atomic E-state index is 13.7. The number of anilines is 1. The molecule has 34 heavy (non-hydrogen) atoms. The number of carboxylic acid groups (broad SMARTS) is 1. The summed E-state index contributed by atoms with van der Waals surface area (Å²) in [5.41, 5.74) is -1.16. The molecule has 1 heterocycles. The Morgan fingerprint density at radius 2 is 1.62 bits per heavy atom. The summed E-state index contributed by atoms with van der Waals surface area (Å²) in [6.07, 6.45) is 0.750. The van der Waals surface area contributed by atoms with E-state index in [9.17, 15) is 29.4 Å². The predicted molar refractivity (Wildman–Crippen MR) is 127 cm³/mol. The van der Waals surface area contributed by atoms with Gasteiger partial charge in [0.2, 0.25) is 11.8 Å². The van der Waals surface area contributed by atoms with Gasteiger partial charge < -0.3 is 14.9 Å². The SMILES string of the molecule is CCOC(=O)C(C)C(C(=O)O)C(C)(C)CC1C(=O)N(c2ccc(O)cc2)C(=O)C1C(C)(C)CC. The first-order valence-electron chi connectivity index (χ1n) is 11.8. The number of imide groups is 1. The third-order valence-electron chi connectivity index (χ3n) is 7.30. The predicted octanol–water partition coefficient (Wildman–Crippen LogP) is 4.25. The molecule has 8 nitrogen and oxygen atoms in total. The zero-order chi connectivity index (χ0) is 26.0. The van der Waals surface area contributed by atoms with Crippen LogP contribution in [0.4, 0.5) is 5.69 Å². The van der Waals surface area contributed by atoms with Gasteiger partial charge in [-0.05, 0) is 48.4 Å². The van der Waals surface area contributed by atoms with E-state index in [1.54, 1.807) is 20.8 Å². The molecule has 1 aliphatic heterocycles. The van der Waals surface area contributed by atoms with Gasteiger partial charge in [0.25, 0.3) is 0 Å². The first kappa shape index (κ1) is 27.3. The van der Waals surface area contributed by atoms with Gasteiger partial charge in [-0.25, -0.2) is 0 Å². The van der Waals surface area contributed by atoms with Crippen molar-refractivity contribution in [3.8, 4) is 5.75 Å². The molecule has 4 atom stereocenters. The average Bonchev–Trinajstić information content (AvgIpc) is 2.98. The van der Waals surface area contributed by atoms with E-state index in [2.05, 4.69) is 0 Å². The number of benzene rings is 1. The number of aromatic hydroxyl groups is 1. The van der Waals surface area contributed by atoms with Gasteiger partial charge in [0.15, 0.2) is 0 Å². The van der Waals surface area contributed by atoms with Crippen LogP contribution < -0.4 is 4.90 Å². The monoisotopic (exact) mass is 475 g/mol. The summed E-state index contributed by atoms with van der Waals surface area (Å²) in [4.78, 5) is 53.0. The van der Waals surface area contributed by atoms with Gasteiger partial charge in [0.05, 0.1) is 36.0 Å². The topological polar surface area (TPSA) is 121 Å². The Morgan fingerprint density at radius 1 is 1.06 bits per heavy atom. The van der Waals surface area contributed by atoms with Gasteiger partial charge in [-0.3, -0.25) is 24.1 Å². The zero-order valence-electron chi connectivity index (χ0n) is 21.1. The summed E-state index contributed by atoms with van der Waals surface area (Å²) in [6.45, 7) is 12.6. The molecule has 2 N–H and O–H groups in total. The van der Waals surface area contributed by atoms with E-state index >= 15 is 0 Å². The second-order valence-electron chi connectivity index (χ2n) is 10.5. The number of carbonyl (C=O) groups is 4. The van der Waals surface area contributed by atoms with Crippen molar-refractivity contribution in [2.75, 3.05) is 11.5 Å². The van der Waals surface area contributed by atoms with E-state index in [-0.39, 0.29) is 24.7 Å². The molecule has 1 aliphatic rings. The lowest BCUT2D eigenvalue weighted by Crippen LogP contribution is -2.43. The second kappa shape index (κ2) is 10.2. The number of nitrogens with zero attached hydrogens (tertiary/aromatic N) is 1. The normalized spacial score (nSPS) is 20.9. The maximum absolute atomic E-state index is 13.7. The van der Waals surface area contributed by atoms with Crippen LogP contribution >= 0.6 is 0 Å². The van der Waals surface area contributed by atoms with Crippen LogP contribution in [-0.4, -0.2) is 40.6 Å². The molecule has 4 unspecified atom stereocenters. The first-order chi connectivity index (χ1) is 15.7. The molecule has 1 saturated heterocycles. The number of phenolic OH excluding ortho intramolecular Hbond substituents is 1. The molecule has 1 aromatic carbocycles. The fourth-order valence-corrected chi connectivity index (χ4v) is 5.22. The van der Waals surface area contributed by atoms with Crippen LogP contribution in [0.15, 0.2) is 24.3 Å². The maximum Gasteiger partial charge on any atom is 0.309 e. The minimum Gasteiger partial charge on any atom is -0.508 e. The van der Waals surface area contributed by atoms with E-state index in [0.717, 1.165) is 4.90 Å². The standard InChI is InChI=1S/C26H37NO7/c1-8-25(4,5)20-18(21(29)27(22(20)30)16-10-12-17(28)13-11-16)14-26(6,7)19(23(31)32)15(3)24(33)34-9-2/h10-13,15,18-20,28H,8-9,14H2,1-7H3,(H,31,32).